The average Bonchev–Trinajstić information content (AvgIpc) is 2.99. The molecule has 122 valence electrons. The molecular weight excluding hydrogens is 338 g/mol. The Balaban J connectivity index is 1.93. The summed E-state index contributed by atoms with van der Waals surface area (Å²) in [4.78, 5) is 16.8. The van der Waals surface area contributed by atoms with Crippen LogP contribution in [0.25, 0.3) is 0 Å². The molecule has 0 spiro atoms. The minimum absolute atomic E-state index is 0.00600. The largest absolute Gasteiger partial charge is 0.299 e. The lowest BCUT2D eigenvalue weighted by molar-refractivity contribution is 0.483. The highest BCUT2D eigenvalue weighted by atomic mass is 35.5. The van der Waals surface area contributed by atoms with Crippen LogP contribution in [-0.2, 0) is 9.84 Å². The molecule has 0 radical (unpaired) electrons. The van der Waals surface area contributed by atoms with Gasteiger partial charge in [0.25, 0.3) is 5.56 Å². The summed E-state index contributed by atoms with van der Waals surface area (Å²) in [6, 6.07) is 6.75. The Bertz CT molecular complexity index is 928. The Labute approximate surface area is 138 Å². The summed E-state index contributed by atoms with van der Waals surface area (Å²) in [5, 5.41) is 3.46. The number of nitrogens with one attached hydrogen (secondary N) is 1. The van der Waals surface area contributed by atoms with E-state index in [0.29, 0.717) is 28.4 Å². The number of para-hydroxylation sites is 1. The maximum absolute atomic E-state index is 12.5. The molecule has 0 unspecified atom stereocenters. The predicted octanol–water partition coefficient (Wildman–Crippen LogP) is 2.25. The predicted molar refractivity (Wildman–Crippen MR) is 90.8 cm³/mol. The van der Waals surface area contributed by atoms with Gasteiger partial charge in [0.2, 0.25) is 0 Å². The van der Waals surface area contributed by atoms with Crippen molar-refractivity contribution in [1.82, 2.24) is 9.78 Å². The smallest absolute Gasteiger partial charge is 0.275 e. The summed E-state index contributed by atoms with van der Waals surface area (Å²) in [5.74, 6) is 0.110. The number of halogens is 1. The number of aromatic nitrogens is 2. The molecule has 23 heavy (non-hydrogen) atoms. The van der Waals surface area contributed by atoms with Gasteiger partial charge >= 0.3 is 0 Å². The van der Waals surface area contributed by atoms with Crippen LogP contribution in [0.5, 0.6) is 0 Å². The monoisotopic (exact) mass is 353 g/mol. The van der Waals surface area contributed by atoms with E-state index in [2.05, 4.69) is 10.1 Å². The highest BCUT2D eigenvalue weighted by Gasteiger charge is 2.31. The van der Waals surface area contributed by atoms with E-state index in [0.717, 1.165) is 0 Å². The van der Waals surface area contributed by atoms with Gasteiger partial charge in [0.1, 0.15) is 0 Å². The lowest BCUT2D eigenvalue weighted by atomic mass is 10.2. The van der Waals surface area contributed by atoms with Crippen LogP contribution < -0.4 is 5.56 Å². The minimum atomic E-state index is -3.06. The van der Waals surface area contributed by atoms with E-state index < -0.39 is 9.84 Å². The molecule has 0 amide bonds. The van der Waals surface area contributed by atoms with E-state index in [4.69, 9.17) is 11.6 Å². The first-order valence-corrected chi connectivity index (χ1v) is 9.37. The van der Waals surface area contributed by atoms with Crippen LogP contribution in [-0.4, -0.2) is 35.9 Å². The highest BCUT2D eigenvalue weighted by Crippen LogP contribution is 2.24. The standard InChI is InChI=1S/C15H16ClN3O3S/c1-10-12(8-17-14-5-3-2-4-13(14)16)15(20)19(18-10)11-6-7-23(21,22)9-11/h2-5,8,11,18H,6-7,9H2,1H3/t11-/m1/s1. The zero-order valence-electron chi connectivity index (χ0n) is 12.5. The number of nitrogens with zero attached hydrogens (tertiary/aromatic N) is 2. The zero-order valence-corrected chi connectivity index (χ0v) is 14.1. The van der Waals surface area contributed by atoms with Gasteiger partial charge in [-0.1, -0.05) is 23.7 Å². The SMILES string of the molecule is Cc1[nH]n([C@@H]2CCS(=O)(=O)C2)c(=O)c1C=Nc1ccccc1Cl. The Morgan fingerprint density at radius 1 is 1.39 bits per heavy atom. The van der Waals surface area contributed by atoms with Gasteiger partial charge in [0, 0.05) is 11.9 Å². The van der Waals surface area contributed by atoms with Crippen molar-refractivity contribution in [2.75, 3.05) is 11.5 Å². The topological polar surface area (TPSA) is 84.3 Å². The van der Waals surface area contributed by atoms with Crippen LogP contribution in [0.4, 0.5) is 5.69 Å². The van der Waals surface area contributed by atoms with Crippen LogP contribution in [0.3, 0.4) is 0 Å². The molecule has 0 bridgehead atoms. The summed E-state index contributed by atoms with van der Waals surface area (Å²) >= 11 is 6.04. The summed E-state index contributed by atoms with van der Waals surface area (Å²) in [5.41, 5.74) is 1.37. The molecule has 2 heterocycles. The van der Waals surface area contributed by atoms with Gasteiger partial charge in [0.15, 0.2) is 9.84 Å². The molecule has 6 nitrogen and oxygen atoms in total. The lowest BCUT2D eigenvalue weighted by Gasteiger charge is -2.07. The Hall–Kier alpha value is -1.86. The normalized spacial score (nSPS) is 20.3. The Morgan fingerprint density at radius 2 is 2.13 bits per heavy atom. The molecule has 3 rings (SSSR count). The lowest BCUT2D eigenvalue weighted by Crippen LogP contribution is -2.25. The van der Waals surface area contributed by atoms with Gasteiger partial charge in [0.05, 0.1) is 33.8 Å². The summed E-state index contributed by atoms with van der Waals surface area (Å²) in [6.07, 6.45) is 1.92. The number of hydrogen-bond acceptors (Lipinski definition) is 4. The zero-order chi connectivity index (χ0) is 16.6. The maximum atomic E-state index is 12.5. The first-order valence-electron chi connectivity index (χ1n) is 7.17. The fourth-order valence-electron chi connectivity index (χ4n) is 2.66. The number of benzene rings is 1. The molecule has 1 aliphatic rings. The quantitative estimate of drug-likeness (QED) is 0.859. The van der Waals surface area contributed by atoms with E-state index in [9.17, 15) is 13.2 Å². The van der Waals surface area contributed by atoms with Crippen LogP contribution in [0.2, 0.25) is 5.02 Å². The van der Waals surface area contributed by atoms with Crippen LogP contribution in [0.1, 0.15) is 23.7 Å². The molecule has 8 heteroatoms. The molecule has 1 aliphatic heterocycles. The number of sulfone groups is 1. The third kappa shape index (κ3) is 3.25. The summed E-state index contributed by atoms with van der Waals surface area (Å²) in [7, 11) is -3.06. The van der Waals surface area contributed by atoms with Crippen molar-refractivity contribution in [3.8, 4) is 0 Å². The first kappa shape index (κ1) is 16.0. The molecular formula is C15H16ClN3O3S. The average molecular weight is 354 g/mol. The van der Waals surface area contributed by atoms with Crippen molar-refractivity contribution in [2.24, 2.45) is 4.99 Å². The van der Waals surface area contributed by atoms with Gasteiger partial charge in [-0.25, -0.2) is 13.1 Å². The Morgan fingerprint density at radius 3 is 2.78 bits per heavy atom. The number of H-pyrrole nitrogens is 1. The van der Waals surface area contributed by atoms with E-state index in [1.807, 2.05) is 6.07 Å². The van der Waals surface area contributed by atoms with Crippen molar-refractivity contribution in [2.45, 2.75) is 19.4 Å². The van der Waals surface area contributed by atoms with Crippen molar-refractivity contribution in [3.63, 3.8) is 0 Å². The first-order chi connectivity index (χ1) is 10.9. The number of aromatic amines is 1. The third-order valence-electron chi connectivity index (χ3n) is 3.90. The summed E-state index contributed by atoms with van der Waals surface area (Å²) < 4.78 is 24.6. The van der Waals surface area contributed by atoms with Crippen molar-refractivity contribution >= 4 is 33.3 Å². The third-order valence-corrected chi connectivity index (χ3v) is 5.97. The maximum Gasteiger partial charge on any atom is 0.275 e. The fourth-order valence-corrected chi connectivity index (χ4v) is 4.54. The molecule has 1 N–H and O–H groups in total. The molecule has 1 atom stereocenters. The van der Waals surface area contributed by atoms with E-state index in [-0.39, 0.29) is 23.1 Å². The van der Waals surface area contributed by atoms with Crippen LogP contribution in [0.15, 0.2) is 34.1 Å². The van der Waals surface area contributed by atoms with Gasteiger partial charge in [-0.3, -0.25) is 14.9 Å². The Kier molecular flexibility index (Phi) is 4.16. The number of aryl methyl sites for hydroxylation is 1. The molecule has 1 aromatic heterocycles. The van der Waals surface area contributed by atoms with Crippen molar-refractivity contribution < 1.29 is 8.42 Å². The number of aliphatic imine (C=N–C) groups is 1. The van der Waals surface area contributed by atoms with Crippen LogP contribution in [0, 0.1) is 6.92 Å². The molecule has 0 aliphatic carbocycles. The van der Waals surface area contributed by atoms with Gasteiger partial charge < -0.3 is 0 Å². The molecule has 2 aromatic rings. The van der Waals surface area contributed by atoms with E-state index in [1.165, 1.54) is 10.9 Å². The molecule has 0 saturated carbocycles. The minimum Gasteiger partial charge on any atom is -0.299 e. The molecule has 1 fully saturated rings. The molecule has 1 aromatic carbocycles. The van der Waals surface area contributed by atoms with E-state index >= 15 is 0 Å². The number of hydrogen-bond donors (Lipinski definition) is 1. The second-order valence-corrected chi connectivity index (χ2v) is 8.23. The number of rotatable bonds is 3. The van der Waals surface area contributed by atoms with Crippen LogP contribution >= 0.6 is 11.6 Å². The molecule has 1 saturated heterocycles. The van der Waals surface area contributed by atoms with Crippen molar-refractivity contribution in [3.05, 3.63) is 50.9 Å². The van der Waals surface area contributed by atoms with E-state index in [1.54, 1.807) is 25.1 Å². The van der Waals surface area contributed by atoms with Gasteiger partial charge in [-0.05, 0) is 25.5 Å². The second-order valence-electron chi connectivity index (χ2n) is 5.59. The van der Waals surface area contributed by atoms with Gasteiger partial charge in [-0.15, -0.1) is 0 Å². The van der Waals surface area contributed by atoms with Crippen molar-refractivity contribution in [1.29, 1.82) is 0 Å². The fraction of sp³-hybridized carbons (Fsp3) is 0.333. The van der Waals surface area contributed by atoms with Gasteiger partial charge in [-0.2, -0.15) is 0 Å². The highest BCUT2D eigenvalue weighted by molar-refractivity contribution is 7.91. The second kappa shape index (κ2) is 5.98. The summed E-state index contributed by atoms with van der Waals surface area (Å²) in [6.45, 7) is 1.76.